The van der Waals surface area contributed by atoms with Crippen LogP contribution in [0.4, 0.5) is 0 Å². The molecule has 0 radical (unpaired) electrons. The van der Waals surface area contributed by atoms with Crippen molar-refractivity contribution in [3.05, 3.63) is 140 Å². The number of aromatic nitrogens is 3. The highest BCUT2D eigenvalue weighted by atomic mass is 79.9. The van der Waals surface area contributed by atoms with Gasteiger partial charge in [-0.1, -0.05) is 112 Å². The van der Waals surface area contributed by atoms with Crippen molar-refractivity contribution < 1.29 is 4.79 Å². The van der Waals surface area contributed by atoms with Crippen LogP contribution in [0.3, 0.4) is 0 Å². The Morgan fingerprint density at radius 1 is 0.872 bits per heavy atom. The fourth-order valence-corrected chi connectivity index (χ4v) is 5.78. The number of nitrogens with one attached hydrogen (secondary N) is 1. The third-order valence-electron chi connectivity index (χ3n) is 6.03. The first-order valence-electron chi connectivity index (χ1n) is 12.2. The lowest BCUT2D eigenvalue weighted by atomic mass is 10.0. The van der Waals surface area contributed by atoms with Crippen LogP contribution in [-0.2, 0) is 12.2 Å². The first-order chi connectivity index (χ1) is 19.0. The molecule has 4 aromatic carbocycles. The number of nitrogens with zero attached hydrogens (tertiary/aromatic N) is 3. The van der Waals surface area contributed by atoms with Crippen molar-refractivity contribution in [3.8, 4) is 5.69 Å². The largest absolute Gasteiger partial charge is 0.342 e. The maximum absolute atomic E-state index is 13.4. The number of rotatable bonds is 9. The molecule has 0 fully saturated rings. The van der Waals surface area contributed by atoms with Crippen LogP contribution >= 0.6 is 50.9 Å². The molecule has 0 saturated heterocycles. The van der Waals surface area contributed by atoms with Crippen molar-refractivity contribution >= 4 is 56.8 Å². The molecular formula is C30H23BrCl2N4OS. The molecule has 1 unspecified atom stereocenters. The summed E-state index contributed by atoms with van der Waals surface area (Å²) in [4.78, 5) is 13.4. The van der Waals surface area contributed by atoms with Crippen LogP contribution in [0.15, 0.2) is 113 Å². The number of halogens is 3. The van der Waals surface area contributed by atoms with Gasteiger partial charge in [0.05, 0.1) is 16.8 Å². The van der Waals surface area contributed by atoms with E-state index >= 15 is 0 Å². The number of carbonyl (C=O) groups is 1. The van der Waals surface area contributed by atoms with Crippen LogP contribution in [0.5, 0.6) is 0 Å². The summed E-state index contributed by atoms with van der Waals surface area (Å²) in [6.45, 7) is 0. The van der Waals surface area contributed by atoms with Crippen LogP contribution in [-0.4, -0.2) is 20.7 Å². The maximum atomic E-state index is 13.4. The first-order valence-corrected chi connectivity index (χ1v) is 14.7. The standard InChI is InChI=1S/C30H23BrCl2N4OS/c31-23-13-11-22(12-14-23)29(38)34-26(17-20-7-3-1-4-8-20)28-35-36-30(39-19-21-9-5-2-6-10-21)37(28)27-16-15-24(32)18-25(27)33/h1-16,18,26H,17,19H2,(H,34,38). The summed E-state index contributed by atoms with van der Waals surface area (Å²) >= 11 is 17.9. The highest BCUT2D eigenvalue weighted by molar-refractivity contribution is 9.10. The van der Waals surface area contributed by atoms with Crippen LogP contribution in [0.1, 0.15) is 33.4 Å². The number of hydrogen-bond donors (Lipinski definition) is 1. The van der Waals surface area contributed by atoms with Crippen LogP contribution in [0.25, 0.3) is 5.69 Å². The fraction of sp³-hybridized carbons (Fsp3) is 0.100. The highest BCUT2D eigenvalue weighted by Crippen LogP contribution is 2.33. The summed E-state index contributed by atoms with van der Waals surface area (Å²) in [5, 5.41) is 14.0. The minimum atomic E-state index is -0.492. The van der Waals surface area contributed by atoms with Crippen molar-refractivity contribution in [1.82, 2.24) is 20.1 Å². The number of amides is 1. The van der Waals surface area contributed by atoms with Crippen LogP contribution < -0.4 is 5.32 Å². The molecule has 196 valence electrons. The zero-order chi connectivity index (χ0) is 27.2. The molecule has 5 rings (SSSR count). The first kappa shape index (κ1) is 27.5. The van der Waals surface area contributed by atoms with Gasteiger partial charge in [0.1, 0.15) is 0 Å². The lowest BCUT2D eigenvalue weighted by Crippen LogP contribution is -2.32. The van der Waals surface area contributed by atoms with Crippen molar-refractivity contribution in [2.45, 2.75) is 23.4 Å². The third-order valence-corrected chi connectivity index (χ3v) is 8.09. The topological polar surface area (TPSA) is 59.8 Å². The molecule has 5 aromatic rings. The molecule has 1 heterocycles. The molecule has 0 aliphatic heterocycles. The molecule has 5 nitrogen and oxygen atoms in total. The zero-order valence-corrected chi connectivity index (χ0v) is 24.5. The molecule has 39 heavy (non-hydrogen) atoms. The summed E-state index contributed by atoms with van der Waals surface area (Å²) in [5.74, 6) is 1.06. The number of thioether (sulfide) groups is 1. The van der Waals surface area contributed by atoms with E-state index in [0.29, 0.717) is 44.5 Å². The Balaban J connectivity index is 1.56. The average molecular weight is 638 g/mol. The van der Waals surface area contributed by atoms with Crippen LogP contribution in [0.2, 0.25) is 10.0 Å². The Labute approximate surface area is 249 Å². The van der Waals surface area contributed by atoms with E-state index in [1.54, 1.807) is 36.0 Å². The Hall–Kier alpha value is -3.10. The highest BCUT2D eigenvalue weighted by Gasteiger charge is 2.26. The Kier molecular flexibility index (Phi) is 9.04. The second-order valence-electron chi connectivity index (χ2n) is 8.77. The van der Waals surface area contributed by atoms with Gasteiger partial charge in [0.25, 0.3) is 5.91 Å². The van der Waals surface area contributed by atoms with Crippen molar-refractivity contribution in [2.24, 2.45) is 0 Å². The second-order valence-corrected chi connectivity index (χ2v) is 11.5. The quantitative estimate of drug-likeness (QED) is 0.165. The molecule has 0 aliphatic rings. The van der Waals surface area contributed by atoms with Gasteiger partial charge in [-0.3, -0.25) is 9.36 Å². The molecule has 0 aliphatic carbocycles. The molecule has 1 N–H and O–H groups in total. The van der Waals surface area contributed by atoms with Crippen molar-refractivity contribution in [2.75, 3.05) is 0 Å². The lowest BCUT2D eigenvalue weighted by Gasteiger charge is -2.21. The van der Waals surface area contributed by atoms with E-state index < -0.39 is 6.04 Å². The summed E-state index contributed by atoms with van der Waals surface area (Å²) in [6, 6.07) is 32.2. The van der Waals surface area contributed by atoms with Gasteiger partial charge in [0.2, 0.25) is 0 Å². The number of hydrogen-bond acceptors (Lipinski definition) is 4. The molecule has 0 spiro atoms. The molecular weight excluding hydrogens is 615 g/mol. The third kappa shape index (κ3) is 6.92. The number of benzene rings is 4. The summed E-state index contributed by atoms with van der Waals surface area (Å²) in [5.41, 5.74) is 3.44. The van der Waals surface area contributed by atoms with Crippen molar-refractivity contribution in [3.63, 3.8) is 0 Å². The van der Waals surface area contributed by atoms with Gasteiger partial charge >= 0.3 is 0 Å². The predicted octanol–water partition coefficient (Wildman–Crippen LogP) is 8.34. The van der Waals surface area contributed by atoms with Gasteiger partial charge in [-0.05, 0) is 60.0 Å². The van der Waals surface area contributed by atoms with Gasteiger partial charge in [0.15, 0.2) is 11.0 Å². The minimum absolute atomic E-state index is 0.210. The average Bonchev–Trinajstić information content (AvgIpc) is 3.36. The van der Waals surface area contributed by atoms with E-state index in [0.717, 1.165) is 15.6 Å². The van der Waals surface area contributed by atoms with Gasteiger partial charge in [-0.25, -0.2) is 0 Å². The van der Waals surface area contributed by atoms with Gasteiger partial charge in [0, 0.05) is 20.8 Å². The van der Waals surface area contributed by atoms with Gasteiger partial charge < -0.3 is 5.32 Å². The summed E-state index contributed by atoms with van der Waals surface area (Å²) in [7, 11) is 0. The Morgan fingerprint density at radius 3 is 2.21 bits per heavy atom. The monoisotopic (exact) mass is 636 g/mol. The molecule has 1 amide bonds. The van der Waals surface area contributed by atoms with E-state index in [-0.39, 0.29) is 5.91 Å². The van der Waals surface area contributed by atoms with Gasteiger partial charge in [-0.15, -0.1) is 10.2 Å². The molecule has 1 aromatic heterocycles. The molecule has 9 heteroatoms. The molecule has 0 saturated carbocycles. The summed E-state index contributed by atoms with van der Waals surface area (Å²) in [6.07, 6.45) is 0.510. The van der Waals surface area contributed by atoms with E-state index in [9.17, 15) is 4.79 Å². The fourth-order valence-electron chi connectivity index (χ4n) is 4.11. The Bertz CT molecular complexity index is 1560. The summed E-state index contributed by atoms with van der Waals surface area (Å²) < 4.78 is 2.82. The normalized spacial score (nSPS) is 11.8. The smallest absolute Gasteiger partial charge is 0.251 e. The molecule has 0 bridgehead atoms. The van der Waals surface area contributed by atoms with E-state index in [1.165, 1.54) is 0 Å². The predicted molar refractivity (Wildman–Crippen MR) is 162 cm³/mol. The maximum Gasteiger partial charge on any atom is 0.251 e. The lowest BCUT2D eigenvalue weighted by molar-refractivity contribution is 0.0934. The minimum Gasteiger partial charge on any atom is -0.342 e. The van der Waals surface area contributed by atoms with Crippen LogP contribution in [0, 0.1) is 0 Å². The van der Waals surface area contributed by atoms with E-state index in [4.69, 9.17) is 23.2 Å². The van der Waals surface area contributed by atoms with E-state index in [2.05, 4.69) is 43.6 Å². The SMILES string of the molecule is O=C(NC(Cc1ccccc1)c1nnc(SCc2ccccc2)n1-c1ccc(Cl)cc1Cl)c1ccc(Br)cc1. The number of carbonyl (C=O) groups excluding carboxylic acids is 1. The Morgan fingerprint density at radius 2 is 1.54 bits per heavy atom. The zero-order valence-electron chi connectivity index (χ0n) is 20.6. The molecule has 1 atom stereocenters. The van der Waals surface area contributed by atoms with E-state index in [1.807, 2.05) is 71.3 Å². The second kappa shape index (κ2) is 12.8. The van der Waals surface area contributed by atoms with Crippen molar-refractivity contribution in [1.29, 1.82) is 0 Å². The van der Waals surface area contributed by atoms with Gasteiger partial charge in [-0.2, -0.15) is 0 Å².